The molecule has 0 aromatic rings. The van der Waals surface area contributed by atoms with Gasteiger partial charge in [-0.3, -0.25) is 76.8 Å². The van der Waals surface area contributed by atoms with E-state index in [2.05, 4.69) is 47.9 Å². The number of rotatable bonds is 58. The SMILES string of the molecule is CN(C)CC(=O)NCCCC[C@H](NC(=O)CN(C)C)C(=O)NCCCN(CCCNC(=O)[C@H](CCCCNC(=O)CN(C)C)NC(=O)CN(C)C)C(=O)CCCCCCCC(=O)OCCCCCC(=O)NCCCC[C@H](NC(=O)CCN1C(=O)C=CC1=O)C(=O)NCCC(=O)ON1C(=O)CCC1=O. The number of carbonyl (C=O) groups is 16. The Morgan fingerprint density at radius 3 is 1.24 bits per heavy atom. The number of hydrogen-bond donors (Lipinski definition) is 9. The molecule has 103 heavy (non-hydrogen) atoms. The van der Waals surface area contributed by atoms with Crippen LogP contribution in [0.2, 0.25) is 0 Å². The van der Waals surface area contributed by atoms with Crippen molar-refractivity contribution in [1.29, 1.82) is 0 Å². The Balaban J connectivity index is 1.84. The van der Waals surface area contributed by atoms with Crippen LogP contribution in [0.3, 0.4) is 0 Å². The predicted octanol–water partition coefficient (Wildman–Crippen LogP) is -1.35. The number of hydrogen-bond acceptors (Lipinski definition) is 22. The molecule has 0 bridgehead atoms. The summed E-state index contributed by atoms with van der Waals surface area (Å²) in [7, 11) is 14.2. The Morgan fingerprint density at radius 1 is 0.388 bits per heavy atom. The van der Waals surface area contributed by atoms with Gasteiger partial charge in [0.25, 0.3) is 23.6 Å². The molecule has 0 radical (unpaired) electrons. The molecular formula is C69H118N16O18. The minimum absolute atomic E-state index is 0.0842. The lowest BCUT2D eigenvalue weighted by molar-refractivity contribution is -0.197. The van der Waals surface area contributed by atoms with E-state index in [1.807, 2.05) is 0 Å². The second-order valence-corrected chi connectivity index (χ2v) is 26.8. The molecule has 0 aromatic carbocycles. The number of nitrogens with one attached hydrogen (secondary N) is 9. The Bertz CT molecular complexity index is 2670. The highest BCUT2D eigenvalue weighted by Crippen LogP contribution is 2.15. The van der Waals surface area contributed by atoms with E-state index in [4.69, 9.17) is 9.57 Å². The summed E-state index contributed by atoms with van der Waals surface area (Å²) < 4.78 is 5.43. The maximum Gasteiger partial charge on any atom is 0.334 e. The Labute approximate surface area is 606 Å². The van der Waals surface area contributed by atoms with Crippen LogP contribution in [0.4, 0.5) is 0 Å². The third kappa shape index (κ3) is 43.9. The smallest absolute Gasteiger partial charge is 0.334 e. The van der Waals surface area contributed by atoms with Crippen molar-refractivity contribution < 1.29 is 86.3 Å². The highest BCUT2D eigenvalue weighted by atomic mass is 16.7. The molecule has 34 nitrogen and oxygen atoms in total. The fraction of sp³-hybridized carbons (Fsp3) is 0.739. The van der Waals surface area contributed by atoms with Crippen LogP contribution >= 0.6 is 0 Å². The van der Waals surface area contributed by atoms with Gasteiger partial charge in [0.1, 0.15) is 18.1 Å². The maximum absolute atomic E-state index is 13.9. The molecule has 582 valence electrons. The van der Waals surface area contributed by atoms with Gasteiger partial charge in [0.05, 0.1) is 39.2 Å². The molecule has 2 aliphatic heterocycles. The summed E-state index contributed by atoms with van der Waals surface area (Å²) in [6, 6.07) is -2.71. The highest BCUT2D eigenvalue weighted by Gasteiger charge is 2.33. The number of amides is 14. The summed E-state index contributed by atoms with van der Waals surface area (Å²) in [5, 5.41) is 25.6. The number of carbonyl (C=O) groups excluding carboxylic acids is 16. The van der Waals surface area contributed by atoms with Crippen molar-refractivity contribution in [3.63, 3.8) is 0 Å². The quantitative estimate of drug-likeness (QED) is 0.0193. The fourth-order valence-corrected chi connectivity index (χ4v) is 10.7. The van der Waals surface area contributed by atoms with E-state index >= 15 is 0 Å². The van der Waals surface area contributed by atoms with Gasteiger partial charge in [-0.2, -0.15) is 0 Å². The number of hydroxylamine groups is 2. The zero-order valence-corrected chi connectivity index (χ0v) is 62.1. The van der Waals surface area contributed by atoms with E-state index in [9.17, 15) is 76.7 Å². The van der Waals surface area contributed by atoms with E-state index < -0.39 is 59.5 Å². The first kappa shape index (κ1) is 90.6. The first-order valence-corrected chi connectivity index (χ1v) is 36.2. The van der Waals surface area contributed by atoms with Gasteiger partial charge in [-0.25, -0.2) is 4.79 Å². The van der Waals surface area contributed by atoms with Crippen molar-refractivity contribution in [3.05, 3.63) is 12.2 Å². The van der Waals surface area contributed by atoms with Crippen molar-refractivity contribution in [2.75, 3.05) is 148 Å². The van der Waals surface area contributed by atoms with Gasteiger partial charge in [-0.1, -0.05) is 19.3 Å². The van der Waals surface area contributed by atoms with E-state index in [-0.39, 0.29) is 170 Å². The molecule has 2 aliphatic rings. The van der Waals surface area contributed by atoms with Crippen LogP contribution < -0.4 is 47.9 Å². The number of ether oxygens (including phenoxy) is 1. The number of likely N-dealkylation sites (N-methyl/N-ethyl adjacent to an activating group) is 4. The zero-order chi connectivity index (χ0) is 76.5. The van der Waals surface area contributed by atoms with Gasteiger partial charge in [-0.15, -0.1) is 5.06 Å². The first-order chi connectivity index (χ1) is 49.0. The van der Waals surface area contributed by atoms with Crippen molar-refractivity contribution in [2.24, 2.45) is 0 Å². The summed E-state index contributed by atoms with van der Waals surface area (Å²) in [5.41, 5.74) is 0. The van der Waals surface area contributed by atoms with Crippen molar-refractivity contribution in [3.8, 4) is 0 Å². The standard InChI is InChI=1S/C69H118N16O18/c1-79(2)47-56(88)71-38-20-17-26-52(77-58(90)49-81(5)6)67(99)73-40-23-43-83(44-24-41-74-68(100)53(78-59(91)50-82(7)8)27-18-21-39-72-57(89)48-80(3)4)60(92)29-14-10-9-11-15-30-65(97)102-46-22-12-13-28-54(86)70-37-19-16-25-51(76-55(87)36-45-84-61(93)31-32-62(84)94)69(101)75-42-35-66(98)103-85-63(95)33-34-64(85)96/h31-32,51-53H,9-30,33-50H2,1-8H3,(H,70,86)(H,71,88)(H,72,89)(H,73,99)(H,74,100)(H,75,101)(H,76,87)(H,77,90)(H,78,91)/t51-,52-,53-/m0/s1. The molecule has 1 fully saturated rings. The van der Waals surface area contributed by atoms with Crippen LogP contribution in [-0.2, 0) is 86.3 Å². The molecule has 2 rings (SSSR count). The van der Waals surface area contributed by atoms with Crippen molar-refractivity contribution >= 4 is 94.6 Å². The van der Waals surface area contributed by atoms with Crippen molar-refractivity contribution in [2.45, 2.75) is 185 Å². The molecule has 34 heteroatoms. The zero-order valence-electron chi connectivity index (χ0n) is 62.1. The van der Waals surface area contributed by atoms with Gasteiger partial charge in [0.15, 0.2) is 0 Å². The van der Waals surface area contributed by atoms with E-state index in [0.29, 0.717) is 128 Å². The largest absolute Gasteiger partial charge is 0.466 e. The molecule has 0 spiro atoms. The highest BCUT2D eigenvalue weighted by molar-refractivity contribution is 6.13. The molecule has 9 N–H and O–H groups in total. The number of imide groups is 2. The normalized spacial score (nSPS) is 13.6. The fourth-order valence-electron chi connectivity index (χ4n) is 10.7. The summed E-state index contributed by atoms with van der Waals surface area (Å²) in [4.78, 5) is 216. The lowest BCUT2D eigenvalue weighted by Gasteiger charge is -2.24. The van der Waals surface area contributed by atoms with Gasteiger partial charge in [-0.05, 0) is 159 Å². The molecule has 3 atom stereocenters. The first-order valence-electron chi connectivity index (χ1n) is 36.2. The van der Waals surface area contributed by atoms with Gasteiger partial charge in [0, 0.05) is 110 Å². The topological polar surface area (TPSA) is 423 Å². The number of esters is 1. The van der Waals surface area contributed by atoms with Gasteiger partial charge >= 0.3 is 11.9 Å². The summed E-state index contributed by atoms with van der Waals surface area (Å²) in [6.45, 7) is 2.57. The summed E-state index contributed by atoms with van der Waals surface area (Å²) >= 11 is 0. The lowest BCUT2D eigenvalue weighted by Crippen LogP contribution is -2.49. The molecule has 0 saturated carbocycles. The van der Waals surface area contributed by atoms with Crippen LogP contribution in [0, 0.1) is 0 Å². The molecule has 14 amide bonds. The molecule has 0 aromatic heterocycles. The average Bonchev–Trinajstić information content (AvgIpc) is 1.31. The second-order valence-electron chi connectivity index (χ2n) is 26.8. The number of nitrogens with zero attached hydrogens (tertiary/aromatic N) is 7. The monoisotopic (exact) mass is 1460 g/mol. The second kappa shape index (κ2) is 53.3. The van der Waals surface area contributed by atoms with Crippen LogP contribution in [0.1, 0.15) is 167 Å². The third-order valence-electron chi connectivity index (χ3n) is 16.1. The molecule has 2 heterocycles. The summed E-state index contributed by atoms with van der Waals surface area (Å²) in [6.07, 6.45) is 12.0. The molecule has 0 aliphatic carbocycles. The average molecular weight is 1460 g/mol. The van der Waals surface area contributed by atoms with Gasteiger partial charge < -0.3 is 81.9 Å². The lowest BCUT2D eigenvalue weighted by atomic mass is 10.1. The Hall–Kier alpha value is -8.50. The maximum atomic E-state index is 13.9. The van der Waals surface area contributed by atoms with Crippen molar-refractivity contribution in [1.82, 2.24) is 82.3 Å². The third-order valence-corrected chi connectivity index (χ3v) is 16.1. The molecule has 0 unspecified atom stereocenters. The Morgan fingerprint density at radius 2 is 0.777 bits per heavy atom. The molecular weight excluding hydrogens is 1340 g/mol. The van der Waals surface area contributed by atoms with Gasteiger partial charge in [0.2, 0.25) is 59.1 Å². The van der Waals surface area contributed by atoms with E-state index in [1.54, 1.807) is 80.9 Å². The van der Waals surface area contributed by atoms with Crippen LogP contribution in [0.5, 0.6) is 0 Å². The van der Waals surface area contributed by atoms with Crippen LogP contribution in [0.25, 0.3) is 0 Å². The Kier molecular flexibility index (Phi) is 46.9. The minimum atomic E-state index is -1.08. The minimum Gasteiger partial charge on any atom is -0.466 e. The van der Waals surface area contributed by atoms with E-state index in [1.165, 1.54) is 0 Å². The predicted molar refractivity (Wildman–Crippen MR) is 379 cm³/mol. The molecule has 1 saturated heterocycles. The number of unbranched alkanes of at least 4 members (excludes halogenated alkanes) is 9. The van der Waals surface area contributed by atoms with E-state index in [0.717, 1.165) is 36.3 Å². The van der Waals surface area contributed by atoms with Crippen LogP contribution in [0.15, 0.2) is 12.2 Å². The van der Waals surface area contributed by atoms with Crippen LogP contribution in [-0.4, -0.2) is 295 Å². The summed E-state index contributed by atoms with van der Waals surface area (Å²) in [5.74, 6) is -6.84.